The topological polar surface area (TPSA) is 99.4 Å². The third kappa shape index (κ3) is 2.63. The van der Waals surface area contributed by atoms with Gasteiger partial charge < -0.3 is 29.9 Å². The van der Waals surface area contributed by atoms with Gasteiger partial charge in [-0.1, -0.05) is 18.2 Å². The molecule has 0 saturated carbocycles. The smallest absolute Gasteiger partial charge is 0.229 e. The van der Waals surface area contributed by atoms with Crippen LogP contribution in [0.3, 0.4) is 0 Å². The molecule has 1 heterocycles. The molecule has 18 heavy (non-hydrogen) atoms. The van der Waals surface area contributed by atoms with Gasteiger partial charge >= 0.3 is 0 Å². The highest BCUT2D eigenvalue weighted by Crippen LogP contribution is 2.23. The zero-order valence-electron chi connectivity index (χ0n) is 9.59. The predicted octanol–water partition coefficient (Wildman–Crippen LogP) is -1.13. The molecule has 5 atom stereocenters. The predicted molar refractivity (Wildman–Crippen MR) is 60.8 cm³/mol. The molecule has 1 aliphatic heterocycles. The summed E-state index contributed by atoms with van der Waals surface area (Å²) >= 11 is 0. The normalized spacial score (nSPS) is 36.3. The lowest BCUT2D eigenvalue weighted by molar-refractivity contribution is -0.277. The van der Waals surface area contributed by atoms with E-state index in [1.165, 1.54) is 0 Å². The van der Waals surface area contributed by atoms with Crippen LogP contribution in [0.15, 0.2) is 30.3 Å². The fourth-order valence-corrected chi connectivity index (χ4v) is 1.80. The maximum atomic E-state index is 9.74. The highest BCUT2D eigenvalue weighted by atomic mass is 16.7. The number of benzene rings is 1. The summed E-state index contributed by atoms with van der Waals surface area (Å²) in [5, 5.41) is 37.9. The summed E-state index contributed by atoms with van der Waals surface area (Å²) in [5.41, 5.74) is 0. The number of aliphatic hydroxyl groups is 4. The van der Waals surface area contributed by atoms with Gasteiger partial charge in [-0.25, -0.2) is 0 Å². The van der Waals surface area contributed by atoms with Gasteiger partial charge in [0.25, 0.3) is 0 Å². The lowest BCUT2D eigenvalue weighted by Crippen LogP contribution is -2.60. The second-order valence-electron chi connectivity index (χ2n) is 4.13. The van der Waals surface area contributed by atoms with Gasteiger partial charge in [0.1, 0.15) is 30.2 Å². The highest BCUT2D eigenvalue weighted by Gasteiger charge is 2.44. The molecule has 1 fully saturated rings. The van der Waals surface area contributed by atoms with Crippen molar-refractivity contribution >= 4 is 0 Å². The summed E-state index contributed by atoms with van der Waals surface area (Å²) in [4.78, 5) is 0. The molecule has 1 unspecified atom stereocenters. The minimum atomic E-state index is -1.43. The Kier molecular flexibility index (Phi) is 4.15. The van der Waals surface area contributed by atoms with E-state index in [1.54, 1.807) is 30.3 Å². The van der Waals surface area contributed by atoms with Gasteiger partial charge in [0, 0.05) is 0 Å². The van der Waals surface area contributed by atoms with Crippen LogP contribution in [-0.4, -0.2) is 57.7 Å². The number of rotatable bonds is 3. The van der Waals surface area contributed by atoms with E-state index in [1.807, 2.05) is 0 Å². The van der Waals surface area contributed by atoms with Gasteiger partial charge in [0.15, 0.2) is 0 Å². The van der Waals surface area contributed by atoms with Gasteiger partial charge in [0.2, 0.25) is 6.29 Å². The average molecular weight is 256 g/mol. The van der Waals surface area contributed by atoms with Crippen molar-refractivity contribution in [3.8, 4) is 5.75 Å². The second kappa shape index (κ2) is 5.64. The van der Waals surface area contributed by atoms with Crippen molar-refractivity contribution in [1.29, 1.82) is 0 Å². The van der Waals surface area contributed by atoms with Gasteiger partial charge in [-0.05, 0) is 12.1 Å². The van der Waals surface area contributed by atoms with Crippen molar-refractivity contribution in [3.63, 3.8) is 0 Å². The third-order valence-corrected chi connectivity index (χ3v) is 2.84. The van der Waals surface area contributed by atoms with E-state index in [9.17, 15) is 15.3 Å². The zero-order chi connectivity index (χ0) is 13.1. The van der Waals surface area contributed by atoms with Crippen LogP contribution in [0.5, 0.6) is 5.75 Å². The Bertz CT molecular complexity index is 368. The lowest BCUT2D eigenvalue weighted by atomic mass is 9.99. The standard InChI is InChI=1S/C12H16O6/c13-6-8-9(14)10(15)11(16)12(18-8)17-7-4-2-1-3-5-7/h1-5,8-16H,6H2/t8?,9-,10-,11-,12+/m1/s1. The number of hydrogen-bond donors (Lipinski definition) is 4. The molecule has 1 aliphatic rings. The Morgan fingerprint density at radius 2 is 1.67 bits per heavy atom. The Hall–Kier alpha value is -1.18. The van der Waals surface area contributed by atoms with E-state index >= 15 is 0 Å². The van der Waals surface area contributed by atoms with Crippen LogP contribution < -0.4 is 4.74 Å². The van der Waals surface area contributed by atoms with Crippen molar-refractivity contribution in [2.45, 2.75) is 30.7 Å². The van der Waals surface area contributed by atoms with Gasteiger partial charge in [0.05, 0.1) is 6.61 Å². The maximum Gasteiger partial charge on any atom is 0.229 e. The molecule has 0 radical (unpaired) electrons. The highest BCUT2D eigenvalue weighted by molar-refractivity contribution is 5.21. The fraction of sp³-hybridized carbons (Fsp3) is 0.500. The van der Waals surface area contributed by atoms with Crippen LogP contribution in [0.2, 0.25) is 0 Å². The summed E-state index contributed by atoms with van der Waals surface area (Å²) < 4.78 is 10.6. The molecule has 1 aromatic carbocycles. The number of aliphatic hydroxyl groups excluding tert-OH is 4. The average Bonchev–Trinajstić information content (AvgIpc) is 2.40. The Morgan fingerprint density at radius 3 is 2.28 bits per heavy atom. The van der Waals surface area contributed by atoms with Crippen molar-refractivity contribution < 1.29 is 29.9 Å². The number of para-hydroxylation sites is 1. The largest absolute Gasteiger partial charge is 0.462 e. The van der Waals surface area contributed by atoms with Crippen LogP contribution >= 0.6 is 0 Å². The molecule has 100 valence electrons. The number of ether oxygens (including phenoxy) is 2. The lowest BCUT2D eigenvalue weighted by Gasteiger charge is -2.39. The molecule has 6 nitrogen and oxygen atoms in total. The van der Waals surface area contributed by atoms with Gasteiger partial charge in [-0.3, -0.25) is 0 Å². The first kappa shape index (κ1) is 13.3. The van der Waals surface area contributed by atoms with Gasteiger partial charge in [-0.2, -0.15) is 0 Å². The first-order chi connectivity index (χ1) is 8.63. The summed E-state index contributed by atoms with van der Waals surface area (Å²) in [6, 6.07) is 8.64. The molecular weight excluding hydrogens is 240 g/mol. The summed E-state index contributed by atoms with van der Waals surface area (Å²) in [7, 11) is 0. The van der Waals surface area contributed by atoms with Crippen LogP contribution in [-0.2, 0) is 4.74 Å². The van der Waals surface area contributed by atoms with Crippen LogP contribution in [0.4, 0.5) is 0 Å². The van der Waals surface area contributed by atoms with E-state index in [0.29, 0.717) is 5.75 Å². The van der Waals surface area contributed by atoms with Gasteiger partial charge in [-0.15, -0.1) is 0 Å². The van der Waals surface area contributed by atoms with Crippen molar-refractivity contribution in [1.82, 2.24) is 0 Å². The minimum Gasteiger partial charge on any atom is -0.462 e. The van der Waals surface area contributed by atoms with Crippen LogP contribution in [0.25, 0.3) is 0 Å². The maximum absolute atomic E-state index is 9.74. The zero-order valence-corrected chi connectivity index (χ0v) is 9.59. The number of hydrogen-bond acceptors (Lipinski definition) is 6. The molecule has 0 aliphatic carbocycles. The Balaban J connectivity index is 2.08. The first-order valence-corrected chi connectivity index (χ1v) is 5.65. The Labute approximate surface area is 104 Å². The Morgan fingerprint density at radius 1 is 1.00 bits per heavy atom. The summed E-state index contributed by atoms with van der Waals surface area (Å²) in [6.45, 7) is -0.473. The van der Waals surface area contributed by atoms with Crippen molar-refractivity contribution in [2.75, 3.05) is 6.61 Å². The molecular formula is C12H16O6. The molecule has 0 spiro atoms. The molecule has 4 N–H and O–H groups in total. The molecule has 0 aromatic heterocycles. The quantitative estimate of drug-likeness (QED) is 0.546. The first-order valence-electron chi connectivity index (χ1n) is 5.65. The molecule has 1 saturated heterocycles. The van der Waals surface area contributed by atoms with E-state index in [4.69, 9.17) is 14.6 Å². The van der Waals surface area contributed by atoms with Crippen LogP contribution in [0.1, 0.15) is 0 Å². The minimum absolute atomic E-state index is 0.460. The van der Waals surface area contributed by atoms with E-state index in [0.717, 1.165) is 0 Å². The van der Waals surface area contributed by atoms with E-state index in [-0.39, 0.29) is 0 Å². The third-order valence-electron chi connectivity index (χ3n) is 2.84. The molecule has 2 rings (SSSR count). The SMILES string of the molecule is OCC1O[C@H](Oc2ccccc2)[C@H](O)[C@H](O)[C@@H]1O. The van der Waals surface area contributed by atoms with Crippen molar-refractivity contribution in [3.05, 3.63) is 30.3 Å². The molecule has 6 heteroatoms. The molecule has 0 amide bonds. The summed E-state index contributed by atoms with van der Waals surface area (Å²) in [6.07, 6.45) is -6.28. The second-order valence-corrected chi connectivity index (χ2v) is 4.13. The molecule has 1 aromatic rings. The monoisotopic (exact) mass is 256 g/mol. The van der Waals surface area contributed by atoms with Crippen LogP contribution in [0, 0.1) is 0 Å². The molecule has 0 bridgehead atoms. The fourth-order valence-electron chi connectivity index (χ4n) is 1.80. The van der Waals surface area contributed by atoms with E-state index < -0.39 is 37.3 Å². The van der Waals surface area contributed by atoms with Crippen molar-refractivity contribution in [2.24, 2.45) is 0 Å². The summed E-state index contributed by atoms with van der Waals surface area (Å²) in [5.74, 6) is 0.460. The van der Waals surface area contributed by atoms with E-state index in [2.05, 4.69) is 0 Å².